The maximum atomic E-state index is 12.0. The second-order valence-corrected chi connectivity index (χ2v) is 5.47. The number of hydrogen-bond donors (Lipinski definition) is 4. The molecule has 0 fully saturated rings. The number of imidazole rings is 1. The first-order chi connectivity index (χ1) is 9.12. The smallest absolute Gasteiger partial charge is 0.240 e. The summed E-state index contributed by atoms with van der Waals surface area (Å²) in [5.41, 5.74) is 2.30. The molecule has 5 N–H and O–H groups in total. The first kappa shape index (κ1) is 13.5. The van der Waals surface area contributed by atoms with E-state index in [1.165, 1.54) is 18.3 Å². The fraction of sp³-hybridized carbons (Fsp3) is 0.200. The van der Waals surface area contributed by atoms with Gasteiger partial charge in [0.25, 0.3) is 0 Å². The van der Waals surface area contributed by atoms with E-state index < -0.39 is 10.0 Å². The van der Waals surface area contributed by atoms with E-state index in [0.29, 0.717) is 6.42 Å². The summed E-state index contributed by atoms with van der Waals surface area (Å²) in [5.74, 6) is 6.20. The Labute approximate surface area is 110 Å². The van der Waals surface area contributed by atoms with Crippen molar-refractivity contribution in [1.29, 1.82) is 0 Å². The number of aromatic nitrogens is 3. The second kappa shape index (κ2) is 5.78. The van der Waals surface area contributed by atoms with Crippen molar-refractivity contribution >= 4 is 15.8 Å². The molecule has 0 saturated carbocycles. The van der Waals surface area contributed by atoms with Gasteiger partial charge in [-0.3, -0.25) is 0 Å². The Bertz CT molecular complexity index is 625. The third kappa shape index (κ3) is 3.50. The molecule has 19 heavy (non-hydrogen) atoms. The zero-order valence-corrected chi connectivity index (χ0v) is 10.8. The molecule has 2 aromatic heterocycles. The predicted octanol–water partition coefficient (Wildman–Crippen LogP) is -0.389. The van der Waals surface area contributed by atoms with Crippen LogP contribution in [0.2, 0.25) is 0 Å². The van der Waals surface area contributed by atoms with Crippen LogP contribution in [0.3, 0.4) is 0 Å². The maximum Gasteiger partial charge on any atom is 0.240 e. The molecule has 0 spiro atoms. The SMILES string of the molecule is NNc1cc(S(=O)(=O)NCCc2ncc[nH]2)ccn1. The van der Waals surface area contributed by atoms with E-state index in [1.807, 2.05) is 0 Å². The lowest BCUT2D eigenvalue weighted by molar-refractivity contribution is 0.581. The molecular formula is C10H14N6O2S. The summed E-state index contributed by atoms with van der Waals surface area (Å²) in [6.45, 7) is 0.254. The molecule has 8 nitrogen and oxygen atoms in total. The van der Waals surface area contributed by atoms with Crippen molar-refractivity contribution in [3.8, 4) is 0 Å². The first-order valence-electron chi connectivity index (χ1n) is 5.52. The summed E-state index contributed by atoms with van der Waals surface area (Å²) < 4.78 is 26.5. The van der Waals surface area contributed by atoms with E-state index >= 15 is 0 Å². The van der Waals surface area contributed by atoms with Crippen molar-refractivity contribution in [1.82, 2.24) is 19.7 Å². The normalized spacial score (nSPS) is 11.4. The lowest BCUT2D eigenvalue weighted by atomic mass is 10.4. The molecule has 0 bridgehead atoms. The highest BCUT2D eigenvalue weighted by atomic mass is 32.2. The number of hydrazine groups is 1. The number of rotatable bonds is 6. The fourth-order valence-corrected chi connectivity index (χ4v) is 2.52. The fourth-order valence-electron chi connectivity index (χ4n) is 1.48. The number of nitrogens with one attached hydrogen (secondary N) is 3. The van der Waals surface area contributed by atoms with Gasteiger partial charge in [-0.2, -0.15) is 0 Å². The van der Waals surface area contributed by atoms with Crippen molar-refractivity contribution in [2.45, 2.75) is 11.3 Å². The maximum absolute atomic E-state index is 12.0. The predicted molar refractivity (Wildman–Crippen MR) is 69.5 cm³/mol. The Kier molecular flexibility index (Phi) is 4.10. The summed E-state index contributed by atoms with van der Waals surface area (Å²) in [7, 11) is -3.57. The number of nitrogens with zero attached hydrogens (tertiary/aromatic N) is 2. The van der Waals surface area contributed by atoms with Gasteiger partial charge < -0.3 is 10.4 Å². The molecule has 2 heterocycles. The molecular weight excluding hydrogens is 268 g/mol. The lowest BCUT2D eigenvalue weighted by Gasteiger charge is -2.07. The molecule has 0 radical (unpaired) electrons. The van der Waals surface area contributed by atoms with Gasteiger partial charge in [-0.25, -0.2) is 29.0 Å². The number of nitrogens with two attached hydrogens (primary N) is 1. The van der Waals surface area contributed by atoms with Gasteiger partial charge in [-0.05, 0) is 6.07 Å². The first-order valence-corrected chi connectivity index (χ1v) is 7.01. The second-order valence-electron chi connectivity index (χ2n) is 3.70. The molecule has 0 amide bonds. The van der Waals surface area contributed by atoms with Gasteiger partial charge in [0.2, 0.25) is 10.0 Å². The molecule has 0 atom stereocenters. The Morgan fingerprint density at radius 2 is 2.16 bits per heavy atom. The van der Waals surface area contributed by atoms with Gasteiger partial charge in [0.15, 0.2) is 0 Å². The summed E-state index contributed by atoms with van der Waals surface area (Å²) >= 11 is 0. The Morgan fingerprint density at radius 1 is 1.32 bits per heavy atom. The monoisotopic (exact) mass is 282 g/mol. The lowest BCUT2D eigenvalue weighted by Crippen LogP contribution is -2.26. The zero-order chi connectivity index (χ0) is 13.7. The number of sulfonamides is 1. The molecule has 102 valence electrons. The molecule has 2 rings (SSSR count). The minimum absolute atomic E-state index is 0.106. The van der Waals surface area contributed by atoms with Gasteiger partial charge in [-0.15, -0.1) is 0 Å². The number of aromatic amines is 1. The van der Waals surface area contributed by atoms with Crippen molar-refractivity contribution in [2.24, 2.45) is 5.84 Å². The minimum Gasteiger partial charge on any atom is -0.349 e. The minimum atomic E-state index is -3.57. The van der Waals surface area contributed by atoms with E-state index in [1.54, 1.807) is 12.4 Å². The molecule has 2 aromatic rings. The van der Waals surface area contributed by atoms with Crippen LogP contribution in [0.4, 0.5) is 5.82 Å². The highest BCUT2D eigenvalue weighted by Gasteiger charge is 2.14. The largest absolute Gasteiger partial charge is 0.349 e. The average Bonchev–Trinajstić information content (AvgIpc) is 2.92. The van der Waals surface area contributed by atoms with Crippen LogP contribution in [-0.4, -0.2) is 29.9 Å². The third-order valence-corrected chi connectivity index (χ3v) is 3.86. The van der Waals surface area contributed by atoms with Crippen molar-refractivity contribution < 1.29 is 8.42 Å². The Hall–Kier alpha value is -1.97. The summed E-state index contributed by atoms with van der Waals surface area (Å²) in [4.78, 5) is 10.9. The van der Waals surface area contributed by atoms with Crippen LogP contribution in [0.5, 0.6) is 0 Å². The van der Waals surface area contributed by atoms with E-state index in [9.17, 15) is 8.42 Å². The molecule has 0 aliphatic carbocycles. The van der Waals surface area contributed by atoms with Crippen LogP contribution in [0, 0.1) is 0 Å². The van der Waals surface area contributed by atoms with Crippen molar-refractivity contribution in [3.63, 3.8) is 0 Å². The van der Waals surface area contributed by atoms with Gasteiger partial charge in [0.05, 0.1) is 4.90 Å². The molecule has 0 unspecified atom stereocenters. The number of anilines is 1. The van der Waals surface area contributed by atoms with Crippen LogP contribution < -0.4 is 16.0 Å². The number of pyridine rings is 1. The van der Waals surface area contributed by atoms with Gasteiger partial charge in [0, 0.05) is 37.6 Å². The molecule has 0 saturated heterocycles. The van der Waals surface area contributed by atoms with E-state index in [0.717, 1.165) is 5.82 Å². The van der Waals surface area contributed by atoms with E-state index in [4.69, 9.17) is 5.84 Å². The summed E-state index contributed by atoms with van der Waals surface area (Å²) in [6, 6.07) is 2.76. The number of hydrogen-bond acceptors (Lipinski definition) is 6. The van der Waals surface area contributed by atoms with E-state index in [2.05, 4.69) is 25.1 Å². The molecule has 0 aromatic carbocycles. The van der Waals surface area contributed by atoms with Gasteiger partial charge in [-0.1, -0.05) is 0 Å². The highest BCUT2D eigenvalue weighted by Crippen LogP contribution is 2.11. The van der Waals surface area contributed by atoms with Crippen LogP contribution in [0.1, 0.15) is 5.82 Å². The van der Waals surface area contributed by atoms with Crippen LogP contribution >= 0.6 is 0 Å². The zero-order valence-electron chi connectivity index (χ0n) is 10.00. The van der Waals surface area contributed by atoms with E-state index in [-0.39, 0.29) is 17.3 Å². The van der Waals surface area contributed by atoms with Crippen LogP contribution in [0.25, 0.3) is 0 Å². The molecule has 9 heteroatoms. The molecule has 0 aliphatic heterocycles. The summed E-state index contributed by atoms with van der Waals surface area (Å²) in [6.07, 6.45) is 5.16. The Morgan fingerprint density at radius 3 is 2.84 bits per heavy atom. The van der Waals surface area contributed by atoms with Gasteiger partial charge >= 0.3 is 0 Å². The van der Waals surface area contributed by atoms with Gasteiger partial charge in [0.1, 0.15) is 11.6 Å². The number of nitrogen functional groups attached to an aromatic ring is 1. The molecule has 0 aliphatic rings. The average molecular weight is 282 g/mol. The number of H-pyrrole nitrogens is 1. The Balaban J connectivity index is 2.01. The highest BCUT2D eigenvalue weighted by molar-refractivity contribution is 7.89. The van der Waals surface area contributed by atoms with Crippen molar-refractivity contribution in [3.05, 3.63) is 36.5 Å². The topological polar surface area (TPSA) is 126 Å². The quantitative estimate of drug-likeness (QED) is 0.422. The third-order valence-electron chi connectivity index (χ3n) is 2.40. The summed E-state index contributed by atoms with van der Waals surface area (Å²) in [5, 5.41) is 0. The van der Waals surface area contributed by atoms with Crippen LogP contribution in [-0.2, 0) is 16.4 Å². The van der Waals surface area contributed by atoms with Crippen molar-refractivity contribution in [2.75, 3.05) is 12.0 Å². The van der Waals surface area contributed by atoms with Crippen LogP contribution in [0.15, 0.2) is 35.6 Å². The standard InChI is InChI=1S/C10H14N6O2S/c11-16-10-7-8(1-3-12-10)19(17,18)15-4-2-9-13-5-6-14-9/h1,3,5-7,15H,2,4,11H2,(H,12,16)(H,13,14).